The van der Waals surface area contributed by atoms with E-state index in [0.717, 1.165) is 6.21 Å². The number of aromatic nitrogens is 1. The number of nitrogens with zero attached hydrogens (tertiary/aromatic N) is 1. The van der Waals surface area contributed by atoms with Gasteiger partial charge in [-0.2, -0.15) is 0 Å². The van der Waals surface area contributed by atoms with Crippen LogP contribution in [0.4, 0.5) is 11.5 Å². The highest BCUT2D eigenvalue weighted by atomic mass is 16.4. The molecule has 0 saturated heterocycles. The highest BCUT2D eigenvalue weighted by Gasteiger charge is 2.15. The molecule has 0 amide bonds. The number of nitrogens with one attached hydrogen (secondary N) is 2. The molecule has 1 heterocycles. The minimum absolute atomic E-state index is 0.198. The van der Waals surface area contributed by atoms with Crippen molar-refractivity contribution in [1.82, 2.24) is 4.98 Å². The van der Waals surface area contributed by atoms with Crippen LogP contribution in [0.1, 0.15) is 21.5 Å². The van der Waals surface area contributed by atoms with Crippen LogP contribution in [0.5, 0.6) is 0 Å². The van der Waals surface area contributed by atoms with Gasteiger partial charge in [0.15, 0.2) is 0 Å². The number of hydrogen-bond acceptors (Lipinski definition) is 5. The Kier molecular flexibility index (Phi) is 3.08. The monoisotopic (exact) mass is 258 g/mol. The van der Waals surface area contributed by atoms with Crippen LogP contribution in [0, 0.1) is 12.3 Å². The predicted molar refractivity (Wildman–Crippen MR) is 75.3 cm³/mol. The number of fused-ring (bicyclic) bond motifs is 1. The van der Waals surface area contributed by atoms with Gasteiger partial charge in [-0.3, -0.25) is 0 Å². The van der Waals surface area contributed by atoms with E-state index in [1.54, 1.807) is 20.0 Å². The van der Waals surface area contributed by atoms with Crippen LogP contribution in [-0.4, -0.2) is 29.3 Å². The van der Waals surface area contributed by atoms with Crippen molar-refractivity contribution in [3.8, 4) is 0 Å². The van der Waals surface area contributed by atoms with Crippen molar-refractivity contribution >= 4 is 34.6 Å². The molecule has 19 heavy (non-hydrogen) atoms. The summed E-state index contributed by atoms with van der Waals surface area (Å²) in [7, 11) is 1.68. The molecule has 0 atom stereocenters. The van der Waals surface area contributed by atoms with E-state index in [1.165, 1.54) is 6.07 Å². The molecule has 0 spiro atoms. The Morgan fingerprint density at radius 3 is 2.74 bits per heavy atom. The molecule has 0 aliphatic heterocycles. The lowest BCUT2D eigenvalue weighted by atomic mass is 10.0. The SMILES string of the molecule is CNc1c(N)nc2cc(C)c(C(=O)O)cc2c1C=N. The zero-order chi connectivity index (χ0) is 14.2. The molecule has 0 saturated carbocycles. The Labute approximate surface area is 109 Å². The van der Waals surface area contributed by atoms with Crippen LogP contribution < -0.4 is 11.1 Å². The lowest BCUT2D eigenvalue weighted by Gasteiger charge is -2.12. The molecule has 6 nitrogen and oxygen atoms in total. The molecular formula is C13H14N4O2. The van der Waals surface area contributed by atoms with E-state index in [-0.39, 0.29) is 11.4 Å². The van der Waals surface area contributed by atoms with Crippen LogP contribution in [0.3, 0.4) is 0 Å². The fraction of sp³-hybridized carbons (Fsp3) is 0.154. The second kappa shape index (κ2) is 4.56. The summed E-state index contributed by atoms with van der Waals surface area (Å²) in [4.78, 5) is 15.4. The summed E-state index contributed by atoms with van der Waals surface area (Å²) >= 11 is 0. The first-order chi connectivity index (χ1) is 8.99. The summed E-state index contributed by atoms with van der Waals surface area (Å²) in [6.07, 6.45) is 1.15. The van der Waals surface area contributed by atoms with Crippen molar-refractivity contribution in [3.05, 3.63) is 28.8 Å². The molecule has 0 aliphatic carbocycles. The quantitative estimate of drug-likeness (QED) is 0.628. The second-order valence-electron chi connectivity index (χ2n) is 4.17. The molecule has 0 fully saturated rings. The molecule has 0 unspecified atom stereocenters. The average molecular weight is 258 g/mol. The van der Waals surface area contributed by atoms with Crippen molar-refractivity contribution in [3.63, 3.8) is 0 Å². The highest BCUT2D eigenvalue weighted by Crippen LogP contribution is 2.29. The number of anilines is 2. The number of aryl methyl sites for hydroxylation is 1. The van der Waals surface area contributed by atoms with Gasteiger partial charge in [-0.05, 0) is 24.6 Å². The van der Waals surface area contributed by atoms with E-state index < -0.39 is 5.97 Å². The molecule has 2 aromatic rings. The number of nitrogens with two attached hydrogens (primary N) is 1. The number of benzene rings is 1. The van der Waals surface area contributed by atoms with Gasteiger partial charge in [0.25, 0.3) is 0 Å². The largest absolute Gasteiger partial charge is 0.478 e. The first-order valence-corrected chi connectivity index (χ1v) is 5.65. The summed E-state index contributed by atoms with van der Waals surface area (Å²) in [5.74, 6) is -0.714. The summed E-state index contributed by atoms with van der Waals surface area (Å²) in [6, 6.07) is 3.20. The molecule has 0 bridgehead atoms. The van der Waals surface area contributed by atoms with Crippen LogP contribution in [0.2, 0.25) is 0 Å². The molecular weight excluding hydrogens is 244 g/mol. The molecule has 1 aromatic carbocycles. The minimum Gasteiger partial charge on any atom is -0.478 e. The maximum Gasteiger partial charge on any atom is 0.335 e. The first-order valence-electron chi connectivity index (χ1n) is 5.65. The molecule has 6 heteroatoms. The Bertz CT molecular complexity index is 695. The minimum atomic E-state index is -1.00. The molecule has 1 aromatic heterocycles. The summed E-state index contributed by atoms with van der Waals surface area (Å²) in [6.45, 7) is 1.71. The number of aromatic carboxylic acids is 1. The van der Waals surface area contributed by atoms with Gasteiger partial charge in [0.2, 0.25) is 0 Å². The smallest absolute Gasteiger partial charge is 0.335 e. The summed E-state index contributed by atoms with van der Waals surface area (Å²) < 4.78 is 0. The molecule has 98 valence electrons. The Hall–Kier alpha value is -2.63. The van der Waals surface area contributed by atoms with Crippen molar-refractivity contribution in [2.45, 2.75) is 6.92 Å². The number of carboxylic acids is 1. The third-order valence-corrected chi connectivity index (χ3v) is 3.02. The maximum atomic E-state index is 11.2. The van der Waals surface area contributed by atoms with Crippen LogP contribution in [-0.2, 0) is 0 Å². The van der Waals surface area contributed by atoms with Gasteiger partial charge >= 0.3 is 5.97 Å². The predicted octanol–water partition coefficient (Wildman–Crippen LogP) is 1.86. The summed E-state index contributed by atoms with van der Waals surface area (Å²) in [5.41, 5.74) is 8.28. The van der Waals surface area contributed by atoms with E-state index in [9.17, 15) is 4.79 Å². The van der Waals surface area contributed by atoms with Gasteiger partial charge in [-0.25, -0.2) is 9.78 Å². The Morgan fingerprint density at radius 1 is 1.53 bits per heavy atom. The third kappa shape index (κ3) is 1.97. The van der Waals surface area contributed by atoms with Crippen LogP contribution >= 0.6 is 0 Å². The average Bonchev–Trinajstić information content (AvgIpc) is 2.35. The number of hydrogen-bond donors (Lipinski definition) is 4. The van der Waals surface area contributed by atoms with E-state index >= 15 is 0 Å². The fourth-order valence-electron chi connectivity index (χ4n) is 2.10. The zero-order valence-corrected chi connectivity index (χ0v) is 10.6. The lowest BCUT2D eigenvalue weighted by molar-refractivity contribution is 0.0696. The van der Waals surface area contributed by atoms with Gasteiger partial charge in [0.1, 0.15) is 5.82 Å². The standard InChI is InChI=1S/C13H14N4O2/c1-6-3-10-8(4-7(6)13(18)19)9(5-14)11(16-2)12(15)17-10/h3-5,14,16H,1-2H3,(H2,15,17)(H,18,19). The van der Waals surface area contributed by atoms with Gasteiger partial charge in [-0.15, -0.1) is 0 Å². The maximum absolute atomic E-state index is 11.2. The van der Waals surface area contributed by atoms with E-state index in [0.29, 0.717) is 27.7 Å². The van der Waals surface area contributed by atoms with Gasteiger partial charge < -0.3 is 21.6 Å². The van der Waals surface area contributed by atoms with Crippen LogP contribution in [0.25, 0.3) is 10.9 Å². The second-order valence-corrected chi connectivity index (χ2v) is 4.17. The third-order valence-electron chi connectivity index (χ3n) is 3.02. The number of pyridine rings is 1. The molecule has 0 radical (unpaired) electrons. The number of carbonyl (C=O) groups is 1. The van der Waals surface area contributed by atoms with Crippen molar-refractivity contribution in [1.29, 1.82) is 5.41 Å². The fourth-order valence-corrected chi connectivity index (χ4v) is 2.10. The highest BCUT2D eigenvalue weighted by molar-refractivity contribution is 6.07. The molecule has 5 N–H and O–H groups in total. The first kappa shape index (κ1) is 12.8. The molecule has 2 rings (SSSR count). The normalized spacial score (nSPS) is 10.4. The molecule has 0 aliphatic rings. The van der Waals surface area contributed by atoms with Crippen molar-refractivity contribution in [2.24, 2.45) is 0 Å². The zero-order valence-electron chi connectivity index (χ0n) is 10.6. The number of carboxylic acid groups (broad SMARTS) is 1. The van der Waals surface area contributed by atoms with Gasteiger partial charge in [-0.1, -0.05) is 0 Å². The lowest BCUT2D eigenvalue weighted by Crippen LogP contribution is -2.06. The van der Waals surface area contributed by atoms with Crippen molar-refractivity contribution < 1.29 is 9.90 Å². The van der Waals surface area contributed by atoms with Gasteiger partial charge in [0.05, 0.1) is 16.8 Å². The van der Waals surface area contributed by atoms with Crippen molar-refractivity contribution in [2.75, 3.05) is 18.1 Å². The van der Waals surface area contributed by atoms with Gasteiger partial charge in [0, 0.05) is 24.2 Å². The Morgan fingerprint density at radius 2 is 2.21 bits per heavy atom. The summed E-state index contributed by atoms with van der Waals surface area (Å²) in [5, 5.41) is 20.1. The van der Waals surface area contributed by atoms with E-state index in [4.69, 9.17) is 16.2 Å². The van der Waals surface area contributed by atoms with Crippen LogP contribution in [0.15, 0.2) is 12.1 Å². The van der Waals surface area contributed by atoms with E-state index in [1.807, 2.05) is 0 Å². The number of nitrogen functional groups attached to an aromatic ring is 1. The topological polar surface area (TPSA) is 112 Å². The number of rotatable bonds is 3. The van der Waals surface area contributed by atoms with E-state index in [2.05, 4.69) is 10.3 Å². The Balaban J connectivity index is 2.93.